The first-order valence-electron chi connectivity index (χ1n) is 21.4. The second kappa shape index (κ2) is 16.2. The number of imide groups is 1. The number of nitrogens with zero attached hydrogens (tertiary/aromatic N) is 8. The third-order valence-electron chi connectivity index (χ3n) is 13.5. The summed E-state index contributed by atoms with van der Waals surface area (Å²) < 4.78 is 2.14. The number of aromatic nitrogens is 4. The van der Waals surface area contributed by atoms with Gasteiger partial charge in [-0.25, -0.2) is 9.97 Å². The number of carbonyl (C=O) groups excluding carboxylic acids is 4. The van der Waals surface area contributed by atoms with Gasteiger partial charge in [-0.15, -0.1) is 11.3 Å². The maximum atomic E-state index is 13.7. The van der Waals surface area contributed by atoms with Crippen molar-refractivity contribution in [2.24, 2.45) is 11.8 Å². The number of hydrogen-bond donors (Lipinski definition) is 3. The summed E-state index contributed by atoms with van der Waals surface area (Å²) in [6, 6.07) is 11.7. The number of rotatable bonds is 9. The lowest BCUT2D eigenvalue weighted by Crippen LogP contribution is -2.52. The molecule has 5 aliphatic rings. The highest BCUT2D eigenvalue weighted by Gasteiger charge is 2.39. The number of piperidine rings is 4. The SMILES string of the molecule is O=C1CCC(N2Cc3ccc(N4CCC(CN5CCC(n6cc7cc(NC(=O)c8ccnc9scnc89)c(N8CCC(CO)CC8)cc7n6)CC5)CC4)cc3C2=O)C(=O)N1. The molecule has 1 atom stereocenters. The molecule has 2 aromatic carbocycles. The second-order valence-electron chi connectivity index (χ2n) is 17.2. The van der Waals surface area contributed by atoms with Crippen LogP contribution in [0.1, 0.15) is 83.7 Å². The molecule has 4 amide bonds. The predicted octanol–water partition coefficient (Wildman–Crippen LogP) is 4.82. The van der Waals surface area contributed by atoms with Crippen LogP contribution in [0.15, 0.2) is 54.3 Å². The van der Waals surface area contributed by atoms with Crippen molar-refractivity contribution in [1.82, 2.24) is 34.9 Å². The molecule has 4 saturated heterocycles. The summed E-state index contributed by atoms with van der Waals surface area (Å²) in [7, 11) is 0. The van der Waals surface area contributed by atoms with E-state index in [2.05, 4.69) is 64.4 Å². The van der Waals surface area contributed by atoms with Gasteiger partial charge in [-0.1, -0.05) is 6.07 Å². The Morgan fingerprint density at radius 1 is 0.883 bits per heavy atom. The molecule has 1 unspecified atom stereocenters. The Hall–Kier alpha value is -5.45. The monoisotopic (exact) mass is 830 g/mol. The van der Waals surface area contributed by atoms with Gasteiger partial charge in [0.2, 0.25) is 11.8 Å². The first kappa shape index (κ1) is 38.7. The summed E-state index contributed by atoms with van der Waals surface area (Å²) in [5.41, 5.74) is 8.07. The molecule has 15 nitrogen and oxygen atoms in total. The van der Waals surface area contributed by atoms with E-state index in [1.807, 2.05) is 12.1 Å². The van der Waals surface area contributed by atoms with Gasteiger partial charge in [0.25, 0.3) is 11.8 Å². The Bertz CT molecular complexity index is 2460. The average Bonchev–Trinajstić information content (AvgIpc) is 4.01. The highest BCUT2D eigenvalue weighted by Crippen LogP contribution is 2.37. The number of carbonyl (C=O) groups is 4. The van der Waals surface area contributed by atoms with Crippen LogP contribution in [-0.4, -0.2) is 117 Å². The number of anilines is 3. The predicted molar refractivity (Wildman–Crippen MR) is 229 cm³/mol. The fraction of sp³-hybridized carbons (Fsp3) is 0.477. The number of thiazole rings is 1. The van der Waals surface area contributed by atoms with Crippen molar-refractivity contribution < 1.29 is 24.3 Å². The normalized spacial score (nSPS) is 21.3. The van der Waals surface area contributed by atoms with E-state index < -0.39 is 6.04 Å². The molecule has 5 aromatic rings. The minimum absolute atomic E-state index is 0.129. The summed E-state index contributed by atoms with van der Waals surface area (Å²) >= 11 is 1.41. The van der Waals surface area contributed by atoms with Crippen LogP contribution in [0.4, 0.5) is 17.1 Å². The highest BCUT2D eigenvalue weighted by atomic mass is 32.1. The third kappa shape index (κ3) is 7.49. The molecule has 5 aliphatic heterocycles. The fourth-order valence-corrected chi connectivity index (χ4v) is 10.6. The van der Waals surface area contributed by atoms with Crippen molar-refractivity contribution >= 4 is 73.3 Å². The van der Waals surface area contributed by atoms with Gasteiger partial charge >= 0.3 is 0 Å². The Morgan fingerprint density at radius 2 is 1.67 bits per heavy atom. The van der Waals surface area contributed by atoms with E-state index in [0.717, 1.165) is 123 Å². The Morgan fingerprint density at radius 3 is 2.45 bits per heavy atom. The minimum Gasteiger partial charge on any atom is -0.396 e. The Kier molecular flexibility index (Phi) is 10.5. The minimum atomic E-state index is -0.602. The number of benzene rings is 2. The molecule has 10 rings (SSSR count). The van der Waals surface area contributed by atoms with Gasteiger partial charge < -0.3 is 30.0 Å². The number of amides is 4. The van der Waals surface area contributed by atoms with E-state index in [1.54, 1.807) is 22.7 Å². The first-order valence-corrected chi connectivity index (χ1v) is 22.3. The van der Waals surface area contributed by atoms with Crippen LogP contribution in [0.5, 0.6) is 0 Å². The lowest BCUT2D eigenvalue weighted by atomic mass is 9.94. The zero-order chi connectivity index (χ0) is 40.9. The summed E-state index contributed by atoms with van der Waals surface area (Å²) in [4.78, 5) is 69.7. The zero-order valence-electron chi connectivity index (χ0n) is 33.6. The molecule has 3 N–H and O–H groups in total. The summed E-state index contributed by atoms with van der Waals surface area (Å²) in [5.74, 6) is -0.104. The molecule has 60 heavy (non-hydrogen) atoms. The number of hydrogen-bond acceptors (Lipinski definition) is 12. The van der Waals surface area contributed by atoms with Crippen molar-refractivity contribution in [3.63, 3.8) is 0 Å². The first-order chi connectivity index (χ1) is 29.3. The lowest BCUT2D eigenvalue weighted by Gasteiger charge is -2.38. The highest BCUT2D eigenvalue weighted by molar-refractivity contribution is 7.16. The third-order valence-corrected chi connectivity index (χ3v) is 14.3. The smallest absolute Gasteiger partial charge is 0.258 e. The van der Waals surface area contributed by atoms with Crippen LogP contribution in [0.3, 0.4) is 0 Å². The number of aliphatic hydroxyl groups is 1. The van der Waals surface area contributed by atoms with E-state index in [-0.39, 0.29) is 36.7 Å². The maximum absolute atomic E-state index is 13.7. The summed E-state index contributed by atoms with van der Waals surface area (Å²) in [6.45, 7) is 7.17. The van der Waals surface area contributed by atoms with Gasteiger partial charge in [-0.2, -0.15) is 5.10 Å². The number of likely N-dealkylation sites (tertiary alicyclic amines) is 1. The van der Waals surface area contributed by atoms with Crippen LogP contribution >= 0.6 is 11.3 Å². The summed E-state index contributed by atoms with van der Waals surface area (Å²) in [6.07, 6.45) is 10.4. The van der Waals surface area contributed by atoms with Crippen molar-refractivity contribution in [2.75, 3.05) is 67.5 Å². The standard InChI is InChI=1S/C44H50N10O5S/c55-25-28-8-17-52(18-9-28)38-21-35-30(19-36(38)47-41(57)33-5-12-45-43-40(33)46-26-60-43)24-54(49-35)31-10-13-50(14-11-31)22-27-6-15-51(16-7-27)32-2-1-29-23-53(44(59)34(29)20-32)37-3-4-39(56)48-42(37)58/h1-2,5,12,19-21,24,26-28,31,37,55H,3-4,6-11,13-18,22-23,25H2,(H,47,57)(H,48,56,58). The van der Waals surface area contributed by atoms with Gasteiger partial charge in [0.1, 0.15) is 16.4 Å². The molecular weight excluding hydrogens is 781 g/mol. The number of nitrogens with one attached hydrogen (secondary N) is 2. The molecular formula is C44H50N10O5S. The van der Waals surface area contributed by atoms with Gasteiger partial charge in [-0.3, -0.25) is 29.2 Å². The molecule has 312 valence electrons. The van der Waals surface area contributed by atoms with Crippen molar-refractivity contribution in [2.45, 2.75) is 70.0 Å². The Labute approximate surface area is 351 Å². The van der Waals surface area contributed by atoms with Gasteiger partial charge in [0.05, 0.1) is 34.0 Å². The van der Waals surface area contributed by atoms with Crippen LogP contribution < -0.4 is 20.4 Å². The van der Waals surface area contributed by atoms with Crippen LogP contribution in [0, 0.1) is 11.8 Å². The van der Waals surface area contributed by atoms with Crippen LogP contribution in [-0.2, 0) is 16.1 Å². The maximum Gasteiger partial charge on any atom is 0.258 e. The molecule has 0 radical (unpaired) electrons. The second-order valence-corrected chi connectivity index (χ2v) is 18.0. The molecule has 8 heterocycles. The molecule has 16 heteroatoms. The molecule has 0 saturated carbocycles. The van der Waals surface area contributed by atoms with Crippen LogP contribution in [0.2, 0.25) is 0 Å². The largest absolute Gasteiger partial charge is 0.396 e. The van der Waals surface area contributed by atoms with Crippen molar-refractivity contribution in [3.8, 4) is 0 Å². The van der Waals surface area contributed by atoms with Crippen LogP contribution in [0.25, 0.3) is 21.3 Å². The molecule has 0 bridgehead atoms. The van der Waals surface area contributed by atoms with Gasteiger partial charge in [-0.05, 0) is 92.7 Å². The zero-order valence-corrected chi connectivity index (χ0v) is 34.4. The van der Waals surface area contributed by atoms with E-state index in [0.29, 0.717) is 47.5 Å². The lowest BCUT2D eigenvalue weighted by molar-refractivity contribution is -0.136. The van der Waals surface area contributed by atoms with Gasteiger partial charge in [0.15, 0.2) is 0 Å². The van der Waals surface area contributed by atoms with Crippen molar-refractivity contribution in [3.05, 3.63) is 71.0 Å². The fourth-order valence-electron chi connectivity index (χ4n) is 9.98. The Balaban J connectivity index is 0.761. The number of fused-ring (bicyclic) bond motifs is 3. The van der Waals surface area contributed by atoms with E-state index >= 15 is 0 Å². The number of pyridine rings is 1. The van der Waals surface area contributed by atoms with E-state index in [4.69, 9.17) is 5.10 Å². The van der Waals surface area contributed by atoms with Gasteiger partial charge in [0, 0.05) is 94.4 Å². The molecule has 4 fully saturated rings. The average molecular weight is 831 g/mol. The number of aliphatic hydroxyl groups excluding tert-OH is 1. The van der Waals surface area contributed by atoms with E-state index in [9.17, 15) is 24.3 Å². The quantitative estimate of drug-likeness (QED) is 0.174. The van der Waals surface area contributed by atoms with E-state index in [1.165, 1.54) is 11.3 Å². The summed E-state index contributed by atoms with van der Waals surface area (Å²) in [5, 5.41) is 21.5. The molecule has 0 aliphatic carbocycles. The topological polar surface area (TPSA) is 169 Å². The molecule has 0 spiro atoms. The van der Waals surface area contributed by atoms with Crippen molar-refractivity contribution in [1.29, 1.82) is 0 Å². The molecule has 3 aromatic heterocycles.